The monoisotopic (exact) mass is 578 g/mol. The van der Waals surface area contributed by atoms with Gasteiger partial charge in [-0.1, -0.05) is 38.1 Å². The molecule has 1 fully saturated rings. The molecule has 4 aromatic rings. The lowest BCUT2D eigenvalue weighted by Crippen LogP contribution is -2.42. The summed E-state index contributed by atoms with van der Waals surface area (Å²) >= 11 is 0. The van der Waals surface area contributed by atoms with E-state index >= 15 is 0 Å². The minimum Gasteiger partial charge on any atom is -0.360 e. The van der Waals surface area contributed by atoms with Crippen molar-refractivity contribution in [3.8, 4) is 17.3 Å². The molecule has 3 heterocycles. The van der Waals surface area contributed by atoms with Gasteiger partial charge in [0.1, 0.15) is 6.07 Å². The molecule has 0 atom stereocenters. The van der Waals surface area contributed by atoms with E-state index in [0.717, 1.165) is 29.3 Å². The Morgan fingerprint density at radius 2 is 1.84 bits per heavy atom. The number of fused-ring (bicyclic) bond motifs is 1. The number of aromatic nitrogens is 3. The van der Waals surface area contributed by atoms with Crippen LogP contribution in [0.4, 0.5) is 11.6 Å². The van der Waals surface area contributed by atoms with E-state index in [1.807, 2.05) is 68.2 Å². The Labute approximate surface area is 252 Å². The molecule has 10 heteroatoms. The fraction of sp³-hybridized carbons (Fsp3) is 0.303. The van der Waals surface area contributed by atoms with Crippen molar-refractivity contribution in [1.29, 1.82) is 5.26 Å². The number of anilines is 2. The molecule has 222 valence electrons. The van der Waals surface area contributed by atoms with E-state index in [1.54, 1.807) is 36.5 Å². The van der Waals surface area contributed by atoms with Crippen LogP contribution in [0.25, 0.3) is 22.2 Å². The summed E-state index contributed by atoms with van der Waals surface area (Å²) in [5.41, 5.74) is 4.04. The first-order valence-corrected chi connectivity index (χ1v) is 14.5. The highest BCUT2D eigenvalue weighted by Gasteiger charge is 2.24. The normalized spacial score (nSPS) is 13.4. The van der Waals surface area contributed by atoms with E-state index < -0.39 is 0 Å². The number of nitriles is 1. The zero-order chi connectivity index (χ0) is 30.8. The topological polar surface area (TPSA) is 130 Å². The average Bonchev–Trinajstić information content (AvgIpc) is 3.46. The van der Waals surface area contributed by atoms with Crippen LogP contribution in [-0.2, 0) is 4.79 Å². The Morgan fingerprint density at radius 1 is 1.12 bits per heavy atom. The van der Waals surface area contributed by atoms with Crippen molar-refractivity contribution in [2.45, 2.75) is 32.7 Å². The highest BCUT2D eigenvalue weighted by Crippen LogP contribution is 2.30. The summed E-state index contributed by atoms with van der Waals surface area (Å²) in [4.78, 5) is 41.3. The van der Waals surface area contributed by atoms with Crippen molar-refractivity contribution in [2.24, 2.45) is 0 Å². The van der Waals surface area contributed by atoms with E-state index in [0.29, 0.717) is 48.1 Å². The lowest BCUT2D eigenvalue weighted by molar-refractivity contribution is -0.111. The summed E-state index contributed by atoms with van der Waals surface area (Å²) in [5.74, 6) is 0.215. The molecule has 1 aliphatic heterocycles. The molecule has 1 aliphatic rings. The third kappa shape index (κ3) is 7.84. The number of likely N-dealkylation sites (tertiary alicyclic amines) is 1. The predicted octanol–water partition coefficient (Wildman–Crippen LogP) is 5.30. The zero-order valence-corrected chi connectivity index (χ0v) is 25.1. The lowest BCUT2D eigenvalue weighted by Gasteiger charge is -2.32. The van der Waals surface area contributed by atoms with Gasteiger partial charge in [-0.15, -0.1) is 0 Å². The number of amides is 2. The molecule has 3 N–H and O–H groups in total. The molecule has 0 bridgehead atoms. The first-order valence-electron chi connectivity index (χ1n) is 14.5. The standard InChI is InChI=1S/C31H32N8O2.C2H6/c1-38(2)15-5-8-28(40)35-23-11-9-21(10-12-23)30(41)39-16-13-24(14-17-39)36-31-34-19-22(18-32)29(37-31)26-20-33-27-7-4-3-6-25(26)27;1-2/h3-12,19-20,24,33H,13-17H2,1-2H3,(H,35,40)(H,34,36,37);1-2H3/b8-5+;. The minimum atomic E-state index is -0.208. The van der Waals surface area contributed by atoms with E-state index in [2.05, 4.69) is 26.7 Å². The number of H-pyrrole nitrogens is 1. The summed E-state index contributed by atoms with van der Waals surface area (Å²) in [6.07, 6.45) is 8.20. The Kier molecular flexibility index (Phi) is 10.6. The van der Waals surface area contributed by atoms with Gasteiger partial charge in [-0.25, -0.2) is 9.97 Å². The number of para-hydroxylation sites is 1. The van der Waals surface area contributed by atoms with Crippen molar-refractivity contribution in [3.63, 3.8) is 0 Å². The second kappa shape index (κ2) is 14.8. The molecule has 0 aliphatic carbocycles. The molecule has 0 unspecified atom stereocenters. The summed E-state index contributed by atoms with van der Waals surface area (Å²) in [7, 11) is 3.87. The van der Waals surface area contributed by atoms with Gasteiger partial charge in [-0.2, -0.15) is 5.26 Å². The van der Waals surface area contributed by atoms with E-state index in [9.17, 15) is 14.9 Å². The van der Waals surface area contributed by atoms with Gasteiger partial charge in [-0.3, -0.25) is 9.59 Å². The number of piperidine rings is 1. The van der Waals surface area contributed by atoms with Crippen LogP contribution in [0.2, 0.25) is 0 Å². The zero-order valence-electron chi connectivity index (χ0n) is 25.1. The van der Waals surface area contributed by atoms with E-state index in [1.165, 1.54) is 6.08 Å². The van der Waals surface area contributed by atoms with Crippen molar-refractivity contribution >= 4 is 34.4 Å². The number of carbonyl (C=O) groups is 2. The third-order valence-electron chi connectivity index (χ3n) is 7.01. The van der Waals surface area contributed by atoms with Gasteiger partial charge in [0.05, 0.1) is 17.5 Å². The number of hydrogen-bond acceptors (Lipinski definition) is 7. The number of likely N-dealkylation sites (N-methyl/N-ethyl adjacent to an activating group) is 1. The summed E-state index contributed by atoms with van der Waals surface area (Å²) < 4.78 is 0. The van der Waals surface area contributed by atoms with Crippen LogP contribution in [0.15, 0.2) is 73.1 Å². The molecular weight excluding hydrogens is 540 g/mol. The highest BCUT2D eigenvalue weighted by molar-refractivity contribution is 6.00. The third-order valence-corrected chi connectivity index (χ3v) is 7.01. The SMILES string of the molecule is CC.CN(C)C/C=C/C(=O)Nc1ccc(C(=O)N2CCC(Nc3ncc(C#N)c(-c4c[nH]c5ccccc45)n3)CC2)cc1. The minimum absolute atomic E-state index is 0.0385. The van der Waals surface area contributed by atoms with Gasteiger partial charge in [0.15, 0.2) is 0 Å². The number of aromatic amines is 1. The maximum absolute atomic E-state index is 13.1. The van der Waals surface area contributed by atoms with Gasteiger partial charge in [0.25, 0.3) is 5.91 Å². The molecule has 0 radical (unpaired) electrons. The molecular formula is C33H38N8O2. The Morgan fingerprint density at radius 3 is 2.53 bits per heavy atom. The van der Waals surface area contributed by atoms with Gasteiger partial charge >= 0.3 is 0 Å². The van der Waals surface area contributed by atoms with Crippen LogP contribution in [0.1, 0.15) is 42.6 Å². The number of rotatable bonds is 8. The van der Waals surface area contributed by atoms with E-state index in [-0.39, 0.29) is 17.9 Å². The van der Waals surface area contributed by atoms with Crippen molar-refractivity contribution in [3.05, 3.63) is 84.2 Å². The van der Waals surface area contributed by atoms with Crippen LogP contribution < -0.4 is 10.6 Å². The van der Waals surface area contributed by atoms with Crippen molar-refractivity contribution in [2.75, 3.05) is 44.4 Å². The fourth-order valence-corrected chi connectivity index (χ4v) is 4.85. The van der Waals surface area contributed by atoms with Crippen LogP contribution in [-0.4, -0.2) is 76.3 Å². The number of hydrogen-bond donors (Lipinski definition) is 3. The van der Waals surface area contributed by atoms with Gasteiger partial charge in [0, 0.05) is 65.7 Å². The summed E-state index contributed by atoms with van der Waals surface area (Å²) in [6, 6.07) is 17.2. The van der Waals surface area contributed by atoms with Gasteiger partial charge in [-0.05, 0) is 57.3 Å². The highest BCUT2D eigenvalue weighted by atomic mass is 16.2. The Balaban J connectivity index is 0.00000207. The van der Waals surface area contributed by atoms with Gasteiger partial charge in [0.2, 0.25) is 11.9 Å². The maximum atomic E-state index is 13.1. The summed E-state index contributed by atoms with van der Waals surface area (Å²) in [5, 5.41) is 16.9. The molecule has 5 rings (SSSR count). The molecule has 10 nitrogen and oxygen atoms in total. The Bertz CT molecular complexity index is 1610. The second-order valence-corrected chi connectivity index (χ2v) is 10.3. The molecule has 43 heavy (non-hydrogen) atoms. The average molecular weight is 579 g/mol. The molecule has 0 saturated carbocycles. The molecule has 2 aromatic carbocycles. The number of nitrogens with zero attached hydrogens (tertiary/aromatic N) is 5. The second-order valence-electron chi connectivity index (χ2n) is 10.3. The van der Waals surface area contributed by atoms with Crippen molar-refractivity contribution < 1.29 is 9.59 Å². The number of benzene rings is 2. The van der Waals surface area contributed by atoms with Crippen LogP contribution in [0.5, 0.6) is 0 Å². The van der Waals surface area contributed by atoms with Gasteiger partial charge < -0.3 is 25.4 Å². The Hall–Kier alpha value is -5.01. The maximum Gasteiger partial charge on any atom is 0.253 e. The number of nitrogens with one attached hydrogen (secondary N) is 3. The lowest BCUT2D eigenvalue weighted by atomic mass is 10.0. The van der Waals surface area contributed by atoms with E-state index in [4.69, 9.17) is 4.98 Å². The van der Waals surface area contributed by atoms with Crippen LogP contribution in [0, 0.1) is 11.3 Å². The first-order chi connectivity index (χ1) is 20.9. The first kappa shape index (κ1) is 30.9. The summed E-state index contributed by atoms with van der Waals surface area (Å²) in [6.45, 7) is 5.87. The van der Waals surface area contributed by atoms with Crippen LogP contribution >= 0.6 is 0 Å². The molecule has 1 saturated heterocycles. The quantitative estimate of drug-likeness (QED) is 0.242. The van der Waals surface area contributed by atoms with Crippen molar-refractivity contribution in [1.82, 2.24) is 24.8 Å². The molecule has 2 amide bonds. The van der Waals surface area contributed by atoms with Crippen LogP contribution in [0.3, 0.4) is 0 Å². The molecule has 0 spiro atoms. The largest absolute Gasteiger partial charge is 0.360 e. The molecule has 2 aromatic heterocycles. The number of carbonyl (C=O) groups excluding carboxylic acids is 2. The fourth-order valence-electron chi connectivity index (χ4n) is 4.85. The predicted molar refractivity (Wildman–Crippen MR) is 171 cm³/mol. The smallest absolute Gasteiger partial charge is 0.253 e.